The van der Waals surface area contributed by atoms with Crippen LogP contribution in [0.15, 0.2) is 0 Å². The van der Waals surface area contributed by atoms with Gasteiger partial charge in [-0.1, -0.05) is 0 Å². The van der Waals surface area contributed by atoms with Crippen molar-refractivity contribution >= 4 is 5.91 Å². The molecule has 0 bridgehead atoms. The van der Waals surface area contributed by atoms with Gasteiger partial charge in [0.1, 0.15) is 0 Å². The Hall–Kier alpha value is -0.610. The van der Waals surface area contributed by atoms with E-state index in [1.807, 2.05) is 0 Å². The number of hydrogen-bond acceptors (Lipinski definition) is 3. The number of carbonyl (C=O) groups is 1. The van der Waals surface area contributed by atoms with E-state index in [4.69, 9.17) is 0 Å². The third kappa shape index (κ3) is 3.26. The second kappa shape index (κ2) is 6.25. The summed E-state index contributed by atoms with van der Waals surface area (Å²) in [6.07, 6.45) is 7.35. The summed E-state index contributed by atoms with van der Waals surface area (Å²) in [5, 5.41) is 3.54. The third-order valence-electron chi connectivity index (χ3n) is 5.67. The summed E-state index contributed by atoms with van der Waals surface area (Å²) >= 11 is 0. The van der Waals surface area contributed by atoms with Gasteiger partial charge in [-0.15, -0.1) is 0 Å². The number of hydrogen-bond donors (Lipinski definition) is 1. The Morgan fingerprint density at radius 2 is 1.86 bits per heavy atom. The molecule has 4 heteroatoms. The van der Waals surface area contributed by atoms with E-state index in [0.717, 1.165) is 13.1 Å². The highest BCUT2D eigenvalue weighted by molar-refractivity contribution is 5.82. The Balaban J connectivity index is 1.65. The van der Waals surface area contributed by atoms with Crippen LogP contribution >= 0.6 is 0 Å². The van der Waals surface area contributed by atoms with Gasteiger partial charge in [-0.05, 0) is 65.8 Å². The van der Waals surface area contributed by atoms with Crippen molar-refractivity contribution in [3.63, 3.8) is 0 Å². The zero-order valence-electron chi connectivity index (χ0n) is 13.8. The molecule has 0 aromatic carbocycles. The highest BCUT2D eigenvalue weighted by Crippen LogP contribution is 2.31. The van der Waals surface area contributed by atoms with Gasteiger partial charge in [0.05, 0.1) is 6.04 Å². The van der Waals surface area contributed by atoms with Gasteiger partial charge >= 0.3 is 0 Å². The van der Waals surface area contributed by atoms with Crippen molar-refractivity contribution in [1.82, 2.24) is 15.1 Å². The molecule has 3 aliphatic rings. The molecule has 1 aliphatic carbocycles. The summed E-state index contributed by atoms with van der Waals surface area (Å²) < 4.78 is 0. The molecule has 1 N–H and O–H groups in total. The lowest BCUT2D eigenvalue weighted by molar-refractivity contribution is -0.138. The predicted octanol–water partition coefficient (Wildman–Crippen LogP) is 1.99. The maximum atomic E-state index is 13.0. The van der Waals surface area contributed by atoms with Crippen LogP contribution in [-0.2, 0) is 4.79 Å². The minimum absolute atomic E-state index is 0.0412. The molecular weight excluding hydrogens is 262 g/mol. The molecule has 120 valence electrons. The van der Waals surface area contributed by atoms with Crippen molar-refractivity contribution in [3.05, 3.63) is 0 Å². The molecule has 0 aromatic rings. The van der Waals surface area contributed by atoms with Crippen LogP contribution in [0.2, 0.25) is 0 Å². The van der Waals surface area contributed by atoms with E-state index in [2.05, 4.69) is 35.9 Å². The van der Waals surface area contributed by atoms with E-state index in [1.54, 1.807) is 0 Å². The number of carbonyl (C=O) groups excluding carboxylic acids is 1. The topological polar surface area (TPSA) is 35.6 Å². The molecule has 4 atom stereocenters. The predicted molar refractivity (Wildman–Crippen MR) is 85.2 cm³/mol. The van der Waals surface area contributed by atoms with E-state index < -0.39 is 0 Å². The molecule has 2 heterocycles. The first kappa shape index (κ1) is 15.3. The Morgan fingerprint density at radius 3 is 2.38 bits per heavy atom. The second-order valence-corrected chi connectivity index (χ2v) is 7.41. The monoisotopic (exact) mass is 293 g/mol. The molecule has 1 amide bonds. The normalized spacial score (nSPS) is 35.1. The highest BCUT2D eigenvalue weighted by Gasteiger charge is 2.41. The minimum atomic E-state index is 0.0412. The molecule has 0 radical (unpaired) electrons. The van der Waals surface area contributed by atoms with Crippen molar-refractivity contribution in [2.75, 3.05) is 13.1 Å². The summed E-state index contributed by atoms with van der Waals surface area (Å²) in [7, 11) is 0. The van der Waals surface area contributed by atoms with Gasteiger partial charge in [-0.3, -0.25) is 9.69 Å². The molecule has 2 saturated heterocycles. The molecule has 4 nitrogen and oxygen atoms in total. The summed E-state index contributed by atoms with van der Waals surface area (Å²) in [4.78, 5) is 17.7. The van der Waals surface area contributed by atoms with Gasteiger partial charge in [-0.2, -0.15) is 0 Å². The molecule has 3 rings (SSSR count). The van der Waals surface area contributed by atoms with Crippen LogP contribution in [0.3, 0.4) is 0 Å². The van der Waals surface area contributed by atoms with E-state index in [-0.39, 0.29) is 6.04 Å². The number of rotatable bonds is 5. The third-order valence-corrected chi connectivity index (χ3v) is 5.67. The molecule has 2 aliphatic heterocycles. The maximum absolute atomic E-state index is 13.0. The first-order valence-electron chi connectivity index (χ1n) is 8.89. The van der Waals surface area contributed by atoms with Crippen LogP contribution in [0.5, 0.6) is 0 Å². The summed E-state index contributed by atoms with van der Waals surface area (Å²) in [5.74, 6) is 0.367. The fourth-order valence-corrected chi connectivity index (χ4v) is 4.30. The van der Waals surface area contributed by atoms with Crippen molar-refractivity contribution in [3.8, 4) is 0 Å². The summed E-state index contributed by atoms with van der Waals surface area (Å²) in [6.45, 7) is 8.70. The Labute approximate surface area is 129 Å². The Kier molecular flexibility index (Phi) is 4.55. The van der Waals surface area contributed by atoms with Crippen LogP contribution in [0.1, 0.15) is 59.3 Å². The molecule has 3 fully saturated rings. The minimum Gasteiger partial charge on any atom is -0.337 e. The first-order chi connectivity index (χ1) is 10.1. The Morgan fingerprint density at radius 1 is 1.19 bits per heavy atom. The van der Waals surface area contributed by atoms with Crippen LogP contribution in [-0.4, -0.2) is 59.0 Å². The maximum Gasteiger partial charge on any atom is 0.239 e. The van der Waals surface area contributed by atoms with Gasteiger partial charge in [0, 0.05) is 30.7 Å². The number of likely N-dealkylation sites (tertiary alicyclic amines) is 1. The molecule has 0 spiro atoms. The van der Waals surface area contributed by atoms with Crippen molar-refractivity contribution < 1.29 is 4.79 Å². The number of nitrogens with zero attached hydrogens (tertiary/aromatic N) is 2. The summed E-state index contributed by atoms with van der Waals surface area (Å²) in [5.41, 5.74) is 0. The average molecular weight is 293 g/mol. The van der Waals surface area contributed by atoms with Crippen molar-refractivity contribution in [2.45, 2.75) is 89.5 Å². The van der Waals surface area contributed by atoms with Crippen molar-refractivity contribution in [1.29, 1.82) is 0 Å². The molecule has 0 aromatic heterocycles. The van der Waals surface area contributed by atoms with Crippen LogP contribution in [0, 0.1) is 0 Å². The Bertz CT molecular complexity index is 366. The smallest absolute Gasteiger partial charge is 0.239 e. The van der Waals surface area contributed by atoms with Gasteiger partial charge in [0.25, 0.3) is 0 Å². The van der Waals surface area contributed by atoms with Crippen LogP contribution in [0.4, 0.5) is 0 Å². The van der Waals surface area contributed by atoms with Crippen molar-refractivity contribution in [2.24, 2.45) is 0 Å². The summed E-state index contributed by atoms with van der Waals surface area (Å²) in [6, 6.07) is 2.18. The van der Waals surface area contributed by atoms with Gasteiger partial charge in [0.2, 0.25) is 5.91 Å². The lowest BCUT2D eigenvalue weighted by Crippen LogP contribution is -2.53. The SMILES string of the molecule is CC1CCC(C)N1C(C)C(=O)N(CC1CCCN1)C1CC1. The zero-order valence-corrected chi connectivity index (χ0v) is 13.8. The van der Waals surface area contributed by atoms with E-state index in [9.17, 15) is 4.79 Å². The standard InChI is InChI=1S/C17H31N3O/c1-12-6-7-13(2)20(12)14(3)17(21)19(16-8-9-16)11-15-5-4-10-18-15/h12-16,18H,4-11H2,1-3H3. The number of amides is 1. The quantitative estimate of drug-likeness (QED) is 0.842. The van der Waals surface area contributed by atoms with E-state index >= 15 is 0 Å². The highest BCUT2D eigenvalue weighted by atomic mass is 16.2. The number of nitrogens with one attached hydrogen (secondary N) is 1. The van der Waals surface area contributed by atoms with E-state index in [1.165, 1.54) is 38.5 Å². The first-order valence-corrected chi connectivity index (χ1v) is 8.89. The molecular formula is C17H31N3O. The van der Waals surface area contributed by atoms with Gasteiger partial charge < -0.3 is 10.2 Å². The second-order valence-electron chi connectivity index (χ2n) is 7.41. The molecule has 4 unspecified atom stereocenters. The fraction of sp³-hybridized carbons (Fsp3) is 0.941. The van der Waals surface area contributed by atoms with Gasteiger partial charge in [-0.25, -0.2) is 0 Å². The zero-order chi connectivity index (χ0) is 15.0. The van der Waals surface area contributed by atoms with Crippen LogP contribution in [0.25, 0.3) is 0 Å². The fourth-order valence-electron chi connectivity index (χ4n) is 4.30. The largest absolute Gasteiger partial charge is 0.337 e. The van der Waals surface area contributed by atoms with Gasteiger partial charge in [0.15, 0.2) is 0 Å². The molecule has 1 saturated carbocycles. The van der Waals surface area contributed by atoms with E-state index in [0.29, 0.717) is 30.1 Å². The average Bonchev–Trinajstić information content (AvgIpc) is 3.07. The lowest BCUT2D eigenvalue weighted by atomic mass is 10.1. The lowest BCUT2D eigenvalue weighted by Gasteiger charge is -2.36. The van der Waals surface area contributed by atoms with Crippen LogP contribution < -0.4 is 5.32 Å². The molecule has 21 heavy (non-hydrogen) atoms.